The molecule has 0 radical (unpaired) electrons. The molecule has 0 saturated carbocycles. The third-order valence-corrected chi connectivity index (χ3v) is 8.39. The zero-order valence-corrected chi connectivity index (χ0v) is 22.1. The van der Waals surface area contributed by atoms with E-state index in [0.29, 0.717) is 25.9 Å². The molecule has 2 fully saturated rings. The molecule has 5 rings (SSSR count). The van der Waals surface area contributed by atoms with Crippen LogP contribution in [0.25, 0.3) is 0 Å². The van der Waals surface area contributed by atoms with Crippen molar-refractivity contribution in [2.75, 3.05) is 37.7 Å². The second-order valence-corrected chi connectivity index (χ2v) is 10.5. The molecule has 7 heteroatoms. The minimum Gasteiger partial charge on any atom is -0.481 e. The van der Waals surface area contributed by atoms with Crippen LogP contribution in [0, 0.1) is 11.3 Å². The number of carbonyl (C=O) groups excluding carboxylic acids is 1. The molecular formula is C32H34N4O3. The van der Waals surface area contributed by atoms with Crippen LogP contribution in [0.5, 0.6) is 0 Å². The van der Waals surface area contributed by atoms with Crippen LogP contribution >= 0.6 is 0 Å². The van der Waals surface area contributed by atoms with Crippen molar-refractivity contribution in [3.63, 3.8) is 0 Å². The Kier molecular flexibility index (Phi) is 7.67. The Balaban J connectivity index is 1.34. The average molecular weight is 523 g/mol. The molecule has 39 heavy (non-hydrogen) atoms. The minimum absolute atomic E-state index is 0.0206. The number of nitriles is 1. The summed E-state index contributed by atoms with van der Waals surface area (Å²) in [6, 6.07) is 32.6. The van der Waals surface area contributed by atoms with Gasteiger partial charge in [-0.25, -0.2) is 0 Å². The maximum atomic E-state index is 13.7. The highest BCUT2D eigenvalue weighted by atomic mass is 16.4. The Bertz CT molecular complexity index is 1280. The van der Waals surface area contributed by atoms with Gasteiger partial charge in [0, 0.05) is 31.9 Å². The highest BCUT2D eigenvalue weighted by Crippen LogP contribution is 2.41. The summed E-state index contributed by atoms with van der Waals surface area (Å²) in [5.74, 6) is -0.880. The van der Waals surface area contributed by atoms with E-state index in [4.69, 9.17) is 0 Å². The molecule has 7 nitrogen and oxygen atoms in total. The molecule has 2 saturated heterocycles. The summed E-state index contributed by atoms with van der Waals surface area (Å²) in [7, 11) is 0. The molecule has 2 aliphatic heterocycles. The van der Waals surface area contributed by atoms with Crippen LogP contribution in [0.15, 0.2) is 91.0 Å². The van der Waals surface area contributed by atoms with E-state index in [9.17, 15) is 20.0 Å². The second kappa shape index (κ2) is 11.3. The molecule has 2 heterocycles. The van der Waals surface area contributed by atoms with Gasteiger partial charge in [0.05, 0.1) is 19.2 Å². The SMILES string of the molecule is N#CC(CCN1CCC2(CC1)C(=O)N(CCC(=O)O)CN2c1ccccc1)(c1ccccc1)c1ccccc1. The van der Waals surface area contributed by atoms with E-state index in [1.807, 2.05) is 91.0 Å². The molecule has 0 bridgehead atoms. The number of carboxylic acid groups (broad SMARTS) is 1. The number of piperidine rings is 1. The number of para-hydroxylation sites is 1. The quantitative estimate of drug-likeness (QED) is 0.445. The van der Waals surface area contributed by atoms with Gasteiger partial charge in [0.15, 0.2) is 0 Å². The van der Waals surface area contributed by atoms with Gasteiger partial charge in [-0.3, -0.25) is 9.59 Å². The van der Waals surface area contributed by atoms with E-state index in [1.54, 1.807) is 4.90 Å². The predicted molar refractivity (Wildman–Crippen MR) is 150 cm³/mol. The lowest BCUT2D eigenvalue weighted by Crippen LogP contribution is -2.56. The van der Waals surface area contributed by atoms with Gasteiger partial charge in [0.25, 0.3) is 0 Å². The summed E-state index contributed by atoms with van der Waals surface area (Å²) in [4.78, 5) is 31.2. The molecule has 1 spiro atoms. The van der Waals surface area contributed by atoms with Gasteiger partial charge in [-0.2, -0.15) is 5.26 Å². The number of aliphatic carboxylic acids is 1. The predicted octanol–water partition coefficient (Wildman–Crippen LogP) is 4.50. The average Bonchev–Trinajstić information content (AvgIpc) is 3.25. The van der Waals surface area contributed by atoms with Crippen LogP contribution in [0.1, 0.15) is 36.8 Å². The third kappa shape index (κ3) is 5.13. The lowest BCUT2D eigenvalue weighted by Gasteiger charge is -2.44. The fourth-order valence-corrected chi connectivity index (χ4v) is 6.16. The van der Waals surface area contributed by atoms with Crippen LogP contribution in [-0.4, -0.2) is 65.2 Å². The monoisotopic (exact) mass is 522 g/mol. The number of hydrogen-bond acceptors (Lipinski definition) is 5. The largest absolute Gasteiger partial charge is 0.481 e. The maximum absolute atomic E-state index is 13.7. The smallest absolute Gasteiger partial charge is 0.305 e. The summed E-state index contributed by atoms with van der Waals surface area (Å²) in [5, 5.41) is 19.7. The molecule has 0 unspecified atom stereocenters. The van der Waals surface area contributed by atoms with Crippen molar-refractivity contribution in [1.82, 2.24) is 9.80 Å². The summed E-state index contributed by atoms with van der Waals surface area (Å²) in [6.45, 7) is 2.80. The van der Waals surface area contributed by atoms with Crippen molar-refractivity contribution in [3.8, 4) is 6.07 Å². The molecule has 2 aliphatic rings. The lowest BCUT2D eigenvalue weighted by molar-refractivity contribution is -0.138. The molecule has 3 aromatic carbocycles. The number of benzene rings is 3. The van der Waals surface area contributed by atoms with Crippen LogP contribution in [0.4, 0.5) is 5.69 Å². The number of carbonyl (C=O) groups is 2. The molecule has 0 aliphatic carbocycles. The lowest BCUT2D eigenvalue weighted by atomic mass is 9.73. The van der Waals surface area contributed by atoms with E-state index in [1.165, 1.54) is 0 Å². The number of anilines is 1. The number of rotatable bonds is 9. The topological polar surface area (TPSA) is 87.9 Å². The van der Waals surface area contributed by atoms with Gasteiger partial charge in [-0.05, 0) is 42.5 Å². The van der Waals surface area contributed by atoms with Crippen LogP contribution in [0.3, 0.4) is 0 Å². The summed E-state index contributed by atoms with van der Waals surface area (Å²) >= 11 is 0. The van der Waals surface area contributed by atoms with Crippen molar-refractivity contribution in [2.24, 2.45) is 0 Å². The van der Waals surface area contributed by atoms with Gasteiger partial charge in [0.1, 0.15) is 11.0 Å². The molecule has 0 aromatic heterocycles. The fourth-order valence-electron chi connectivity index (χ4n) is 6.16. The van der Waals surface area contributed by atoms with Crippen molar-refractivity contribution < 1.29 is 14.7 Å². The number of likely N-dealkylation sites (tertiary alicyclic amines) is 1. The van der Waals surface area contributed by atoms with Gasteiger partial charge >= 0.3 is 5.97 Å². The highest BCUT2D eigenvalue weighted by molar-refractivity contribution is 5.93. The van der Waals surface area contributed by atoms with Gasteiger partial charge in [0.2, 0.25) is 5.91 Å². The number of hydrogen-bond donors (Lipinski definition) is 1. The summed E-state index contributed by atoms with van der Waals surface area (Å²) in [6.07, 6.45) is 1.89. The van der Waals surface area contributed by atoms with Crippen molar-refractivity contribution in [2.45, 2.75) is 36.6 Å². The normalized spacial score (nSPS) is 17.4. The first-order valence-electron chi connectivity index (χ1n) is 13.6. The van der Waals surface area contributed by atoms with E-state index in [0.717, 1.165) is 36.4 Å². The maximum Gasteiger partial charge on any atom is 0.305 e. The molecule has 200 valence electrons. The number of amides is 1. The Morgan fingerprint density at radius 3 is 1.92 bits per heavy atom. The molecular weight excluding hydrogens is 488 g/mol. The standard InChI is InChI=1S/C32H34N4O3/c33-24-31(26-10-4-1-5-11-26,27-12-6-2-7-13-27)17-21-34-22-18-32(19-23-34)30(39)35(20-16-29(37)38)25-36(32)28-14-8-3-9-15-28/h1-15H,16-23,25H2,(H,37,38). The Hall–Kier alpha value is -4.15. The molecule has 1 amide bonds. The molecule has 0 atom stereocenters. The van der Waals surface area contributed by atoms with Crippen molar-refractivity contribution in [3.05, 3.63) is 102 Å². The first-order valence-corrected chi connectivity index (χ1v) is 13.6. The van der Waals surface area contributed by atoms with Crippen LogP contribution in [0.2, 0.25) is 0 Å². The fraction of sp³-hybridized carbons (Fsp3) is 0.344. The number of nitrogens with zero attached hydrogens (tertiary/aromatic N) is 4. The van der Waals surface area contributed by atoms with E-state index in [-0.39, 0.29) is 18.9 Å². The zero-order chi connectivity index (χ0) is 27.3. The van der Waals surface area contributed by atoms with Crippen LogP contribution < -0.4 is 4.90 Å². The first kappa shape index (κ1) is 26.5. The van der Waals surface area contributed by atoms with Crippen molar-refractivity contribution >= 4 is 17.6 Å². The first-order chi connectivity index (χ1) is 19.0. The highest BCUT2D eigenvalue weighted by Gasteiger charge is 2.53. The second-order valence-electron chi connectivity index (χ2n) is 10.5. The Labute approximate surface area is 229 Å². The third-order valence-electron chi connectivity index (χ3n) is 8.39. The van der Waals surface area contributed by atoms with Crippen LogP contribution in [-0.2, 0) is 15.0 Å². The van der Waals surface area contributed by atoms with E-state index >= 15 is 0 Å². The minimum atomic E-state index is -0.900. The molecule has 1 N–H and O–H groups in total. The van der Waals surface area contributed by atoms with E-state index < -0.39 is 16.9 Å². The Morgan fingerprint density at radius 1 is 0.872 bits per heavy atom. The summed E-state index contributed by atoms with van der Waals surface area (Å²) < 4.78 is 0. The summed E-state index contributed by atoms with van der Waals surface area (Å²) in [5.41, 5.74) is 1.52. The zero-order valence-electron chi connectivity index (χ0n) is 22.1. The van der Waals surface area contributed by atoms with Gasteiger partial charge in [-0.15, -0.1) is 0 Å². The van der Waals surface area contributed by atoms with Crippen molar-refractivity contribution in [1.29, 1.82) is 5.26 Å². The van der Waals surface area contributed by atoms with E-state index in [2.05, 4.69) is 15.9 Å². The number of carboxylic acids is 1. The Morgan fingerprint density at radius 2 is 1.41 bits per heavy atom. The molecule has 3 aromatic rings. The van der Waals surface area contributed by atoms with Gasteiger partial charge in [-0.1, -0.05) is 78.9 Å². The van der Waals surface area contributed by atoms with Gasteiger partial charge < -0.3 is 19.8 Å².